The van der Waals surface area contributed by atoms with Crippen molar-refractivity contribution in [2.45, 2.75) is 18.9 Å². The highest BCUT2D eigenvalue weighted by Crippen LogP contribution is 2.18. The molecule has 5 heteroatoms. The molecule has 23 heavy (non-hydrogen) atoms. The van der Waals surface area contributed by atoms with E-state index in [0.29, 0.717) is 19.6 Å². The number of carbonyl (C=O) groups excluding carboxylic acids is 1. The van der Waals surface area contributed by atoms with E-state index < -0.39 is 0 Å². The molecule has 3 rings (SSSR count). The van der Waals surface area contributed by atoms with Crippen molar-refractivity contribution in [3.05, 3.63) is 48.0 Å². The first-order valence-electron chi connectivity index (χ1n) is 7.87. The van der Waals surface area contributed by atoms with Gasteiger partial charge in [-0.25, -0.2) is 0 Å². The molecule has 0 aliphatic carbocycles. The molecule has 1 aliphatic heterocycles. The third-order valence-corrected chi connectivity index (χ3v) is 4.03. The van der Waals surface area contributed by atoms with Gasteiger partial charge in [0.1, 0.15) is 0 Å². The van der Waals surface area contributed by atoms with E-state index in [1.165, 1.54) is 16.3 Å². The van der Waals surface area contributed by atoms with E-state index in [9.17, 15) is 4.79 Å². The Morgan fingerprint density at radius 2 is 2.04 bits per heavy atom. The maximum atomic E-state index is 12.0. The fraction of sp³-hybridized carbons (Fsp3) is 0.389. The molecule has 1 unspecified atom stereocenters. The largest absolute Gasteiger partial charge is 0.378 e. The van der Waals surface area contributed by atoms with Crippen molar-refractivity contribution in [2.24, 2.45) is 0 Å². The maximum Gasteiger partial charge on any atom is 0.221 e. The molecule has 0 spiro atoms. The van der Waals surface area contributed by atoms with Crippen LogP contribution >= 0.6 is 12.4 Å². The summed E-state index contributed by atoms with van der Waals surface area (Å²) in [5.74, 6) is 0.0863. The van der Waals surface area contributed by atoms with Crippen molar-refractivity contribution in [1.29, 1.82) is 0 Å². The number of halogens is 1. The summed E-state index contributed by atoms with van der Waals surface area (Å²) in [5, 5.41) is 8.82. The van der Waals surface area contributed by atoms with Gasteiger partial charge < -0.3 is 15.4 Å². The maximum absolute atomic E-state index is 12.0. The Morgan fingerprint density at radius 1 is 1.22 bits per heavy atom. The minimum absolute atomic E-state index is 0. The predicted octanol–water partition coefficient (Wildman–Crippen LogP) is 2.30. The van der Waals surface area contributed by atoms with Gasteiger partial charge in [0.15, 0.2) is 0 Å². The number of hydrogen-bond donors (Lipinski definition) is 2. The van der Waals surface area contributed by atoms with Crippen LogP contribution in [0.3, 0.4) is 0 Å². The van der Waals surface area contributed by atoms with Crippen LogP contribution in [0.1, 0.15) is 12.0 Å². The summed E-state index contributed by atoms with van der Waals surface area (Å²) in [5.41, 5.74) is 1.28. The van der Waals surface area contributed by atoms with Crippen LogP contribution in [0.2, 0.25) is 0 Å². The standard InChI is InChI=1S/C18H22N2O2.ClH/c21-18(12-16-13-22-11-10-19-16)20-9-8-15-6-3-5-14-4-1-2-7-17(14)15;/h1-7,16,19H,8-13H2,(H,20,21);1H. The van der Waals surface area contributed by atoms with Crippen molar-refractivity contribution in [3.63, 3.8) is 0 Å². The van der Waals surface area contributed by atoms with Crippen molar-refractivity contribution in [1.82, 2.24) is 10.6 Å². The van der Waals surface area contributed by atoms with Gasteiger partial charge in [0.2, 0.25) is 5.91 Å². The molecule has 1 saturated heterocycles. The third-order valence-electron chi connectivity index (χ3n) is 4.03. The molecular formula is C18H23ClN2O2. The fourth-order valence-electron chi connectivity index (χ4n) is 2.89. The molecule has 1 aliphatic rings. The van der Waals surface area contributed by atoms with Crippen LogP contribution in [0.25, 0.3) is 10.8 Å². The van der Waals surface area contributed by atoms with Gasteiger partial charge in [0, 0.05) is 25.6 Å². The van der Waals surface area contributed by atoms with Crippen LogP contribution in [-0.4, -0.2) is 38.3 Å². The zero-order valence-corrected chi connectivity index (χ0v) is 13.9. The number of amides is 1. The van der Waals surface area contributed by atoms with E-state index >= 15 is 0 Å². The predicted molar refractivity (Wildman–Crippen MR) is 95.1 cm³/mol. The molecule has 2 aromatic rings. The minimum Gasteiger partial charge on any atom is -0.378 e. The smallest absolute Gasteiger partial charge is 0.221 e. The molecule has 0 radical (unpaired) electrons. The summed E-state index contributed by atoms with van der Waals surface area (Å²) in [4.78, 5) is 12.0. The third kappa shape index (κ3) is 4.93. The molecule has 1 atom stereocenters. The molecule has 1 amide bonds. The van der Waals surface area contributed by atoms with E-state index in [4.69, 9.17) is 4.74 Å². The van der Waals surface area contributed by atoms with Gasteiger partial charge in [-0.3, -0.25) is 4.79 Å². The van der Waals surface area contributed by atoms with E-state index in [2.05, 4.69) is 47.0 Å². The van der Waals surface area contributed by atoms with Gasteiger partial charge in [-0.2, -0.15) is 0 Å². The Bertz CT molecular complexity index is 636. The highest BCUT2D eigenvalue weighted by atomic mass is 35.5. The lowest BCUT2D eigenvalue weighted by Gasteiger charge is -2.23. The van der Waals surface area contributed by atoms with Crippen molar-refractivity contribution in [3.8, 4) is 0 Å². The van der Waals surface area contributed by atoms with Crippen molar-refractivity contribution < 1.29 is 9.53 Å². The lowest BCUT2D eigenvalue weighted by molar-refractivity contribution is -0.122. The second-order valence-electron chi connectivity index (χ2n) is 5.67. The first kappa shape index (κ1) is 17.7. The van der Waals surface area contributed by atoms with Crippen LogP contribution in [0.5, 0.6) is 0 Å². The first-order valence-corrected chi connectivity index (χ1v) is 7.87. The van der Waals surface area contributed by atoms with Crippen molar-refractivity contribution >= 4 is 29.1 Å². The van der Waals surface area contributed by atoms with E-state index in [0.717, 1.165) is 19.6 Å². The number of carbonyl (C=O) groups is 1. The zero-order valence-electron chi connectivity index (χ0n) is 13.1. The van der Waals surface area contributed by atoms with Gasteiger partial charge in [-0.15, -0.1) is 12.4 Å². The average Bonchev–Trinajstić information content (AvgIpc) is 2.56. The number of fused-ring (bicyclic) bond motifs is 1. The quantitative estimate of drug-likeness (QED) is 0.882. The van der Waals surface area contributed by atoms with Gasteiger partial charge in [-0.05, 0) is 22.8 Å². The van der Waals surface area contributed by atoms with Crippen LogP contribution in [-0.2, 0) is 16.0 Å². The summed E-state index contributed by atoms with van der Waals surface area (Å²) in [6.07, 6.45) is 1.33. The summed E-state index contributed by atoms with van der Waals surface area (Å²) in [7, 11) is 0. The Morgan fingerprint density at radius 3 is 2.87 bits per heavy atom. The number of nitrogens with one attached hydrogen (secondary N) is 2. The zero-order chi connectivity index (χ0) is 15.2. The SMILES string of the molecule is Cl.O=C(CC1COCCN1)NCCc1cccc2ccccc12. The minimum atomic E-state index is 0. The van der Waals surface area contributed by atoms with Crippen LogP contribution in [0, 0.1) is 0 Å². The van der Waals surface area contributed by atoms with E-state index in [-0.39, 0.29) is 24.4 Å². The Labute approximate surface area is 143 Å². The lowest BCUT2D eigenvalue weighted by Crippen LogP contribution is -2.44. The molecule has 0 saturated carbocycles. The second-order valence-corrected chi connectivity index (χ2v) is 5.67. The number of benzene rings is 2. The summed E-state index contributed by atoms with van der Waals surface area (Å²) in [6, 6.07) is 14.8. The summed E-state index contributed by atoms with van der Waals surface area (Å²) < 4.78 is 5.36. The van der Waals surface area contributed by atoms with Crippen LogP contribution in [0.4, 0.5) is 0 Å². The molecule has 124 valence electrons. The number of rotatable bonds is 5. The fourth-order valence-corrected chi connectivity index (χ4v) is 2.89. The molecule has 0 aromatic heterocycles. The molecule has 0 bridgehead atoms. The first-order chi connectivity index (χ1) is 10.8. The molecule has 4 nitrogen and oxygen atoms in total. The molecule has 1 heterocycles. The number of ether oxygens (including phenoxy) is 1. The van der Waals surface area contributed by atoms with Gasteiger partial charge in [0.25, 0.3) is 0 Å². The van der Waals surface area contributed by atoms with Crippen molar-refractivity contribution in [2.75, 3.05) is 26.3 Å². The van der Waals surface area contributed by atoms with Gasteiger partial charge >= 0.3 is 0 Å². The summed E-state index contributed by atoms with van der Waals surface area (Å²) in [6.45, 7) is 2.85. The van der Waals surface area contributed by atoms with E-state index in [1.54, 1.807) is 0 Å². The Hall–Kier alpha value is -1.62. The molecule has 2 aromatic carbocycles. The van der Waals surface area contributed by atoms with Gasteiger partial charge in [-0.1, -0.05) is 42.5 Å². The molecule has 1 fully saturated rings. The van der Waals surface area contributed by atoms with E-state index in [1.807, 2.05) is 6.07 Å². The second kappa shape index (κ2) is 8.87. The highest BCUT2D eigenvalue weighted by Gasteiger charge is 2.16. The Balaban J connectivity index is 0.00000192. The number of morpholine rings is 1. The van der Waals surface area contributed by atoms with Gasteiger partial charge in [0.05, 0.1) is 13.2 Å². The normalized spacial score (nSPS) is 17.5. The topological polar surface area (TPSA) is 50.4 Å². The average molecular weight is 335 g/mol. The Kier molecular flexibility index (Phi) is 6.84. The molecular weight excluding hydrogens is 312 g/mol. The number of hydrogen-bond acceptors (Lipinski definition) is 3. The monoisotopic (exact) mass is 334 g/mol. The lowest BCUT2D eigenvalue weighted by atomic mass is 10.0. The molecule has 2 N–H and O–H groups in total. The summed E-state index contributed by atoms with van der Waals surface area (Å²) >= 11 is 0. The van der Waals surface area contributed by atoms with Crippen LogP contribution < -0.4 is 10.6 Å². The van der Waals surface area contributed by atoms with Crippen LogP contribution in [0.15, 0.2) is 42.5 Å². The highest BCUT2D eigenvalue weighted by molar-refractivity contribution is 5.86.